The van der Waals surface area contributed by atoms with E-state index in [4.69, 9.17) is 15.8 Å². The molecule has 0 bridgehead atoms. The van der Waals surface area contributed by atoms with Crippen LogP contribution in [0.4, 0.5) is 0 Å². The molecule has 0 amide bonds. The maximum atomic E-state index is 10.1. The Kier molecular flexibility index (Phi) is 4.22. The van der Waals surface area contributed by atoms with Crippen molar-refractivity contribution in [2.24, 2.45) is 5.84 Å². The van der Waals surface area contributed by atoms with Crippen LogP contribution in [-0.4, -0.2) is 28.2 Å². The van der Waals surface area contributed by atoms with Crippen LogP contribution in [0.5, 0.6) is 0 Å². The molecule has 2 atom stereocenters. The number of carboxylic acids is 1. The zero-order valence-electron chi connectivity index (χ0n) is 5.07. The Morgan fingerprint density at radius 3 is 2.40 bits per heavy atom. The second kappa shape index (κ2) is 4.40. The predicted octanol–water partition coefficient (Wildman–Crippen LogP) is -1.63. The molecule has 0 aliphatic heterocycles. The molecule has 0 heterocycles. The highest BCUT2D eigenvalue weighted by Crippen LogP contribution is 2.13. The SMILES string of the molecule is NNC(C[PH](=O)O)C(=O)O. The molecule has 0 rings (SSSR count). The number of rotatable bonds is 4. The first-order valence-electron chi connectivity index (χ1n) is 2.48. The van der Waals surface area contributed by atoms with Gasteiger partial charge >= 0.3 is 5.97 Å². The van der Waals surface area contributed by atoms with Crippen LogP contribution in [0.2, 0.25) is 0 Å². The highest BCUT2D eigenvalue weighted by Gasteiger charge is 2.16. The lowest BCUT2D eigenvalue weighted by atomic mass is 10.4. The van der Waals surface area contributed by atoms with Crippen LogP contribution in [0, 0.1) is 0 Å². The van der Waals surface area contributed by atoms with Gasteiger partial charge < -0.3 is 10.00 Å². The minimum absolute atomic E-state index is 0.337. The highest BCUT2D eigenvalue weighted by molar-refractivity contribution is 7.38. The zero-order chi connectivity index (χ0) is 8.15. The van der Waals surface area contributed by atoms with Gasteiger partial charge in [0.1, 0.15) is 6.04 Å². The molecule has 0 aliphatic carbocycles. The summed E-state index contributed by atoms with van der Waals surface area (Å²) in [5.74, 6) is 3.53. The maximum Gasteiger partial charge on any atom is 0.322 e. The molecule has 0 aliphatic rings. The summed E-state index contributed by atoms with van der Waals surface area (Å²) in [5, 5.41) is 8.25. The van der Waals surface area contributed by atoms with E-state index < -0.39 is 20.0 Å². The van der Waals surface area contributed by atoms with Gasteiger partial charge in [-0.05, 0) is 0 Å². The molecule has 0 aromatic heterocycles. The number of aliphatic carboxylic acids is 1. The van der Waals surface area contributed by atoms with E-state index in [1.165, 1.54) is 0 Å². The van der Waals surface area contributed by atoms with Crippen LogP contribution >= 0.6 is 8.03 Å². The minimum Gasteiger partial charge on any atom is -0.480 e. The van der Waals surface area contributed by atoms with E-state index in [1.807, 2.05) is 5.43 Å². The summed E-state index contributed by atoms with van der Waals surface area (Å²) >= 11 is 0. The Bertz CT molecular complexity index is 149. The second-order valence-corrected chi connectivity index (χ2v) is 2.85. The van der Waals surface area contributed by atoms with E-state index in [-0.39, 0.29) is 6.16 Å². The highest BCUT2D eigenvalue weighted by atomic mass is 31.1. The van der Waals surface area contributed by atoms with E-state index in [0.29, 0.717) is 0 Å². The third-order valence-electron chi connectivity index (χ3n) is 0.878. The first-order chi connectivity index (χ1) is 4.57. The van der Waals surface area contributed by atoms with Crippen LogP contribution in [0.25, 0.3) is 0 Å². The van der Waals surface area contributed by atoms with Crippen molar-refractivity contribution in [2.45, 2.75) is 6.04 Å². The summed E-state index contributed by atoms with van der Waals surface area (Å²) in [6.45, 7) is 0. The molecule has 0 fully saturated rings. The lowest BCUT2D eigenvalue weighted by Gasteiger charge is -2.06. The predicted molar refractivity (Wildman–Crippen MR) is 34.8 cm³/mol. The van der Waals surface area contributed by atoms with Crippen molar-refractivity contribution in [3.8, 4) is 0 Å². The first-order valence-corrected chi connectivity index (χ1v) is 4.05. The molecular weight excluding hydrogens is 159 g/mol. The number of carboxylic acid groups (broad SMARTS) is 1. The summed E-state index contributed by atoms with van der Waals surface area (Å²) in [7, 11) is -2.76. The number of nitrogens with two attached hydrogens (primary N) is 1. The average molecular weight is 168 g/mol. The minimum atomic E-state index is -2.76. The van der Waals surface area contributed by atoms with E-state index in [9.17, 15) is 9.36 Å². The Morgan fingerprint density at radius 1 is 1.80 bits per heavy atom. The van der Waals surface area contributed by atoms with Crippen molar-refractivity contribution in [1.82, 2.24) is 5.43 Å². The summed E-state index contributed by atoms with van der Waals surface area (Å²) in [6, 6.07) is -1.13. The Hall–Kier alpha value is -0.420. The number of hydrogen-bond acceptors (Lipinski definition) is 4. The largest absolute Gasteiger partial charge is 0.480 e. The molecule has 0 saturated heterocycles. The van der Waals surface area contributed by atoms with Gasteiger partial charge in [-0.3, -0.25) is 15.2 Å². The molecule has 60 valence electrons. The molecule has 5 N–H and O–H groups in total. The normalized spacial score (nSPS) is 16.2. The zero-order valence-corrected chi connectivity index (χ0v) is 6.07. The Balaban J connectivity index is 3.83. The van der Waals surface area contributed by atoms with Crippen LogP contribution in [0.1, 0.15) is 0 Å². The van der Waals surface area contributed by atoms with Gasteiger partial charge in [0, 0.05) is 6.16 Å². The number of carbonyl (C=O) groups is 1. The van der Waals surface area contributed by atoms with Gasteiger partial charge in [0.05, 0.1) is 0 Å². The van der Waals surface area contributed by atoms with Crippen molar-refractivity contribution >= 4 is 14.0 Å². The van der Waals surface area contributed by atoms with E-state index in [1.54, 1.807) is 0 Å². The smallest absolute Gasteiger partial charge is 0.322 e. The van der Waals surface area contributed by atoms with Gasteiger partial charge in [-0.2, -0.15) is 0 Å². The van der Waals surface area contributed by atoms with Gasteiger partial charge in [-0.25, -0.2) is 5.43 Å². The number of hydrogen-bond donors (Lipinski definition) is 4. The first kappa shape index (κ1) is 9.58. The fourth-order valence-electron chi connectivity index (χ4n) is 0.392. The summed E-state index contributed by atoms with van der Waals surface area (Å²) in [5.41, 5.74) is 1.90. The summed E-state index contributed by atoms with van der Waals surface area (Å²) in [6.07, 6.45) is -0.337. The topological polar surface area (TPSA) is 113 Å². The monoisotopic (exact) mass is 168 g/mol. The average Bonchev–Trinajstić information content (AvgIpc) is 1.81. The molecule has 6 nitrogen and oxygen atoms in total. The van der Waals surface area contributed by atoms with E-state index in [0.717, 1.165) is 0 Å². The van der Waals surface area contributed by atoms with Crippen molar-refractivity contribution < 1.29 is 19.4 Å². The van der Waals surface area contributed by atoms with Crippen LogP contribution in [0.15, 0.2) is 0 Å². The number of nitrogens with one attached hydrogen (secondary N) is 1. The quantitative estimate of drug-likeness (QED) is 0.228. The van der Waals surface area contributed by atoms with Crippen LogP contribution < -0.4 is 11.3 Å². The molecule has 7 heteroatoms. The van der Waals surface area contributed by atoms with Gasteiger partial charge in [0.25, 0.3) is 0 Å². The molecule has 0 saturated carbocycles. The fraction of sp³-hybridized carbons (Fsp3) is 0.667. The second-order valence-electron chi connectivity index (χ2n) is 1.66. The van der Waals surface area contributed by atoms with Gasteiger partial charge in [-0.15, -0.1) is 0 Å². The molecule has 10 heavy (non-hydrogen) atoms. The van der Waals surface area contributed by atoms with E-state index >= 15 is 0 Å². The lowest BCUT2D eigenvalue weighted by Crippen LogP contribution is -2.43. The van der Waals surface area contributed by atoms with E-state index in [2.05, 4.69) is 0 Å². The molecule has 0 spiro atoms. The fourth-order valence-corrected chi connectivity index (χ4v) is 1.03. The van der Waals surface area contributed by atoms with Crippen molar-refractivity contribution in [3.63, 3.8) is 0 Å². The van der Waals surface area contributed by atoms with Gasteiger partial charge in [0.15, 0.2) is 8.03 Å². The van der Waals surface area contributed by atoms with Crippen molar-refractivity contribution in [3.05, 3.63) is 0 Å². The van der Waals surface area contributed by atoms with Gasteiger partial charge in [-0.1, -0.05) is 0 Å². The van der Waals surface area contributed by atoms with Crippen molar-refractivity contribution in [2.75, 3.05) is 6.16 Å². The van der Waals surface area contributed by atoms with Gasteiger partial charge in [0.2, 0.25) is 0 Å². The maximum absolute atomic E-state index is 10.1. The Morgan fingerprint density at radius 2 is 2.30 bits per heavy atom. The third kappa shape index (κ3) is 3.58. The molecule has 2 unspecified atom stereocenters. The summed E-state index contributed by atoms with van der Waals surface area (Å²) in [4.78, 5) is 18.4. The molecule has 0 radical (unpaired) electrons. The molecule has 0 aromatic carbocycles. The van der Waals surface area contributed by atoms with Crippen molar-refractivity contribution in [1.29, 1.82) is 0 Å². The third-order valence-corrected chi connectivity index (χ3v) is 1.64. The number of hydrazine groups is 1. The Labute approximate surface area is 57.9 Å². The van der Waals surface area contributed by atoms with Crippen LogP contribution in [0.3, 0.4) is 0 Å². The lowest BCUT2D eigenvalue weighted by molar-refractivity contribution is -0.138. The van der Waals surface area contributed by atoms with Crippen LogP contribution in [-0.2, 0) is 9.36 Å². The molecule has 0 aromatic rings. The molecular formula is C3H9N2O4P. The standard InChI is InChI=1S/C3H9N2O4P/c4-5-2(3(6)7)1-10(8)9/h2,5,10H,1,4H2,(H,6,7)(H,8,9). The summed E-state index contributed by atoms with van der Waals surface area (Å²) < 4.78 is 10.1.